The molecule has 0 radical (unpaired) electrons. The van der Waals surface area contributed by atoms with Gasteiger partial charge in [0.25, 0.3) is 0 Å². The SMILES string of the molecule is O=c1[nH]nc2cc(NC3CCC3)ncn12. The molecule has 6 heteroatoms. The minimum Gasteiger partial charge on any atom is -0.367 e. The van der Waals surface area contributed by atoms with Crippen LogP contribution >= 0.6 is 0 Å². The molecule has 0 unspecified atom stereocenters. The summed E-state index contributed by atoms with van der Waals surface area (Å²) in [4.78, 5) is 15.3. The van der Waals surface area contributed by atoms with E-state index in [0.29, 0.717) is 11.7 Å². The highest BCUT2D eigenvalue weighted by Crippen LogP contribution is 2.22. The van der Waals surface area contributed by atoms with Crippen molar-refractivity contribution in [3.63, 3.8) is 0 Å². The number of H-pyrrole nitrogens is 1. The van der Waals surface area contributed by atoms with Gasteiger partial charge in [-0.2, -0.15) is 5.10 Å². The first-order valence-electron chi connectivity index (χ1n) is 5.02. The third-order valence-electron chi connectivity index (χ3n) is 2.77. The monoisotopic (exact) mass is 205 g/mol. The minimum atomic E-state index is -0.257. The fourth-order valence-electron chi connectivity index (χ4n) is 1.65. The van der Waals surface area contributed by atoms with Crippen LogP contribution in [0.3, 0.4) is 0 Å². The Labute approximate surface area is 85.3 Å². The zero-order chi connectivity index (χ0) is 10.3. The van der Waals surface area contributed by atoms with Crippen molar-refractivity contribution in [1.29, 1.82) is 0 Å². The van der Waals surface area contributed by atoms with Gasteiger partial charge < -0.3 is 5.32 Å². The zero-order valence-corrected chi connectivity index (χ0v) is 8.10. The molecule has 1 fully saturated rings. The van der Waals surface area contributed by atoms with Gasteiger partial charge in [-0.1, -0.05) is 0 Å². The molecule has 15 heavy (non-hydrogen) atoms. The van der Waals surface area contributed by atoms with Gasteiger partial charge in [0.1, 0.15) is 12.1 Å². The largest absolute Gasteiger partial charge is 0.367 e. The maximum atomic E-state index is 11.2. The number of aromatic nitrogens is 4. The van der Waals surface area contributed by atoms with Crippen LogP contribution in [0.5, 0.6) is 0 Å². The molecular formula is C9H11N5O. The maximum Gasteiger partial charge on any atom is 0.348 e. The number of nitrogens with one attached hydrogen (secondary N) is 2. The predicted octanol–water partition coefficient (Wildman–Crippen LogP) is 0.382. The van der Waals surface area contributed by atoms with Crippen LogP contribution in [0.2, 0.25) is 0 Å². The fourth-order valence-corrected chi connectivity index (χ4v) is 1.65. The van der Waals surface area contributed by atoms with Gasteiger partial charge in [-0.15, -0.1) is 0 Å². The Kier molecular flexibility index (Phi) is 1.74. The molecule has 3 rings (SSSR count). The van der Waals surface area contributed by atoms with Crippen LogP contribution in [0.25, 0.3) is 5.65 Å². The molecule has 1 aliphatic carbocycles. The molecule has 0 amide bonds. The number of hydrogen-bond donors (Lipinski definition) is 2. The Morgan fingerprint density at radius 1 is 1.53 bits per heavy atom. The summed E-state index contributed by atoms with van der Waals surface area (Å²) in [5.74, 6) is 0.784. The maximum absolute atomic E-state index is 11.2. The summed E-state index contributed by atoms with van der Waals surface area (Å²) in [5, 5.41) is 9.55. The smallest absolute Gasteiger partial charge is 0.348 e. The van der Waals surface area contributed by atoms with E-state index in [0.717, 1.165) is 5.82 Å². The highest BCUT2D eigenvalue weighted by Gasteiger charge is 2.17. The first-order valence-corrected chi connectivity index (χ1v) is 5.02. The van der Waals surface area contributed by atoms with E-state index >= 15 is 0 Å². The molecule has 0 bridgehead atoms. The van der Waals surface area contributed by atoms with Crippen LogP contribution in [0, 0.1) is 0 Å². The van der Waals surface area contributed by atoms with Gasteiger partial charge in [0, 0.05) is 12.1 Å². The van der Waals surface area contributed by atoms with Crippen molar-refractivity contribution in [3.8, 4) is 0 Å². The van der Waals surface area contributed by atoms with Crippen molar-refractivity contribution in [3.05, 3.63) is 22.9 Å². The molecule has 0 aliphatic heterocycles. The van der Waals surface area contributed by atoms with Gasteiger partial charge in [0.2, 0.25) is 0 Å². The summed E-state index contributed by atoms with van der Waals surface area (Å²) in [6, 6.07) is 2.31. The summed E-state index contributed by atoms with van der Waals surface area (Å²) in [6.07, 6.45) is 5.16. The van der Waals surface area contributed by atoms with Crippen LogP contribution < -0.4 is 11.0 Å². The number of rotatable bonds is 2. The number of hydrogen-bond acceptors (Lipinski definition) is 4. The lowest BCUT2D eigenvalue weighted by Crippen LogP contribution is -2.27. The van der Waals surface area contributed by atoms with Crippen LogP contribution in [-0.2, 0) is 0 Å². The van der Waals surface area contributed by atoms with E-state index in [9.17, 15) is 4.79 Å². The Morgan fingerprint density at radius 2 is 2.40 bits per heavy atom. The average Bonchev–Trinajstić information content (AvgIpc) is 2.54. The van der Waals surface area contributed by atoms with Crippen LogP contribution in [0.4, 0.5) is 5.82 Å². The number of nitrogens with zero attached hydrogens (tertiary/aromatic N) is 3. The van der Waals surface area contributed by atoms with Gasteiger partial charge in [-0.3, -0.25) is 0 Å². The third kappa shape index (κ3) is 1.38. The van der Waals surface area contributed by atoms with Crippen molar-refractivity contribution >= 4 is 11.5 Å². The van der Waals surface area contributed by atoms with E-state index < -0.39 is 0 Å². The summed E-state index contributed by atoms with van der Waals surface area (Å²) >= 11 is 0. The van der Waals surface area contributed by atoms with Crippen LogP contribution in [0.15, 0.2) is 17.2 Å². The third-order valence-corrected chi connectivity index (χ3v) is 2.77. The summed E-state index contributed by atoms with van der Waals surface area (Å²) < 4.78 is 1.38. The highest BCUT2D eigenvalue weighted by molar-refractivity contribution is 5.48. The summed E-state index contributed by atoms with van der Waals surface area (Å²) in [7, 11) is 0. The standard InChI is InChI=1S/C9H11N5O/c15-9-13-12-8-4-7(10-5-14(8)9)11-6-2-1-3-6/h4-6,11H,1-3H2,(H,13,15). The van der Waals surface area contributed by atoms with E-state index in [1.807, 2.05) is 0 Å². The molecule has 2 heterocycles. The Bertz CT molecular complexity index is 539. The molecule has 2 N–H and O–H groups in total. The molecule has 0 aromatic carbocycles. The number of aromatic amines is 1. The summed E-state index contributed by atoms with van der Waals surface area (Å²) in [6.45, 7) is 0. The lowest BCUT2D eigenvalue weighted by molar-refractivity contribution is 0.444. The first-order chi connectivity index (χ1) is 7.33. The molecule has 1 aliphatic rings. The molecule has 2 aromatic heterocycles. The molecule has 6 nitrogen and oxygen atoms in total. The molecule has 0 atom stereocenters. The van der Waals surface area contributed by atoms with Crippen molar-refractivity contribution in [2.24, 2.45) is 0 Å². The number of fused-ring (bicyclic) bond motifs is 1. The fraction of sp³-hybridized carbons (Fsp3) is 0.444. The van der Waals surface area contributed by atoms with Crippen LogP contribution in [-0.4, -0.2) is 25.6 Å². The van der Waals surface area contributed by atoms with Gasteiger partial charge in [0.15, 0.2) is 5.65 Å². The Balaban J connectivity index is 1.95. The topological polar surface area (TPSA) is 75.1 Å². The van der Waals surface area contributed by atoms with Gasteiger partial charge in [-0.25, -0.2) is 19.3 Å². The van der Waals surface area contributed by atoms with E-state index in [-0.39, 0.29) is 5.69 Å². The second kappa shape index (κ2) is 3.08. The lowest BCUT2D eigenvalue weighted by atomic mass is 9.93. The predicted molar refractivity (Wildman–Crippen MR) is 54.9 cm³/mol. The molecule has 0 spiro atoms. The van der Waals surface area contributed by atoms with Crippen LogP contribution in [0.1, 0.15) is 19.3 Å². The van der Waals surface area contributed by atoms with E-state index in [1.165, 1.54) is 30.0 Å². The van der Waals surface area contributed by atoms with E-state index in [1.54, 1.807) is 6.07 Å². The van der Waals surface area contributed by atoms with Gasteiger partial charge >= 0.3 is 5.69 Å². The molecule has 78 valence electrons. The Hall–Kier alpha value is -1.85. The van der Waals surface area contributed by atoms with Crippen molar-refractivity contribution in [1.82, 2.24) is 19.6 Å². The average molecular weight is 205 g/mol. The normalized spacial score (nSPS) is 16.5. The Morgan fingerprint density at radius 3 is 3.13 bits per heavy atom. The van der Waals surface area contributed by atoms with E-state index in [4.69, 9.17) is 0 Å². The minimum absolute atomic E-state index is 0.257. The summed E-state index contributed by atoms with van der Waals surface area (Å²) in [5.41, 5.74) is 0.338. The molecule has 0 saturated heterocycles. The van der Waals surface area contributed by atoms with E-state index in [2.05, 4.69) is 20.5 Å². The first kappa shape index (κ1) is 8.46. The van der Waals surface area contributed by atoms with Crippen molar-refractivity contribution < 1.29 is 0 Å². The second-order valence-electron chi connectivity index (χ2n) is 3.80. The number of anilines is 1. The van der Waals surface area contributed by atoms with Crippen molar-refractivity contribution in [2.45, 2.75) is 25.3 Å². The lowest BCUT2D eigenvalue weighted by Gasteiger charge is -2.26. The van der Waals surface area contributed by atoms with Gasteiger partial charge in [0.05, 0.1) is 0 Å². The highest BCUT2D eigenvalue weighted by atomic mass is 16.1. The quantitative estimate of drug-likeness (QED) is 0.743. The second-order valence-corrected chi connectivity index (χ2v) is 3.80. The molecule has 1 saturated carbocycles. The molecule has 2 aromatic rings. The molecular weight excluding hydrogens is 194 g/mol. The van der Waals surface area contributed by atoms with Crippen molar-refractivity contribution in [2.75, 3.05) is 5.32 Å². The zero-order valence-electron chi connectivity index (χ0n) is 8.10. The van der Waals surface area contributed by atoms with Gasteiger partial charge in [-0.05, 0) is 19.3 Å².